The minimum absolute atomic E-state index is 0.0476. The highest BCUT2D eigenvalue weighted by atomic mass is 32.2. The Bertz CT molecular complexity index is 1530. The van der Waals surface area contributed by atoms with Gasteiger partial charge in [0, 0.05) is 18.8 Å². The predicted molar refractivity (Wildman–Crippen MR) is 140 cm³/mol. The van der Waals surface area contributed by atoms with Gasteiger partial charge in [0.1, 0.15) is 5.82 Å². The van der Waals surface area contributed by atoms with Crippen LogP contribution in [0.5, 0.6) is 0 Å². The Morgan fingerprint density at radius 1 is 0.889 bits per heavy atom. The van der Waals surface area contributed by atoms with Crippen LogP contribution in [-0.2, 0) is 22.8 Å². The first-order valence-corrected chi connectivity index (χ1v) is 13.5. The maximum Gasteiger partial charge on any atom is 0.178 e. The Hall–Kier alpha value is -3.95. The van der Waals surface area contributed by atoms with E-state index in [4.69, 9.17) is 0 Å². The zero-order chi connectivity index (χ0) is 25.1. The monoisotopic (exact) mass is 496 g/mol. The van der Waals surface area contributed by atoms with Gasteiger partial charge in [-0.1, -0.05) is 48.5 Å². The van der Waals surface area contributed by atoms with Crippen molar-refractivity contribution in [3.63, 3.8) is 0 Å². The van der Waals surface area contributed by atoms with Crippen LogP contribution < -0.4 is 4.90 Å². The van der Waals surface area contributed by atoms with E-state index in [9.17, 15) is 18.1 Å². The van der Waals surface area contributed by atoms with Crippen LogP contribution >= 0.6 is 0 Å². The van der Waals surface area contributed by atoms with Gasteiger partial charge in [-0.3, -0.25) is 0 Å². The molecule has 4 aromatic rings. The van der Waals surface area contributed by atoms with E-state index in [1.54, 1.807) is 42.5 Å². The Kier molecular flexibility index (Phi) is 6.58. The van der Waals surface area contributed by atoms with Crippen molar-refractivity contribution in [1.29, 1.82) is 5.26 Å². The number of hydrogen-bond acceptors (Lipinski definition) is 4. The van der Waals surface area contributed by atoms with Crippen LogP contribution in [0.4, 0.5) is 10.1 Å². The molecule has 0 saturated carbocycles. The second-order valence-corrected chi connectivity index (χ2v) is 11.2. The molecule has 1 aliphatic heterocycles. The number of anilines is 1. The van der Waals surface area contributed by atoms with E-state index < -0.39 is 9.84 Å². The molecular formula is C30H25FN2O2S. The molecule has 0 aromatic heterocycles. The van der Waals surface area contributed by atoms with Gasteiger partial charge in [0.2, 0.25) is 0 Å². The summed E-state index contributed by atoms with van der Waals surface area (Å²) in [6, 6.07) is 30.8. The lowest BCUT2D eigenvalue weighted by Gasteiger charge is -2.36. The Morgan fingerprint density at radius 3 is 2.39 bits per heavy atom. The molecule has 1 unspecified atom stereocenters. The third-order valence-electron chi connectivity index (χ3n) is 6.57. The lowest BCUT2D eigenvalue weighted by atomic mass is 9.90. The lowest BCUT2D eigenvalue weighted by Crippen LogP contribution is -2.38. The Labute approximate surface area is 211 Å². The molecule has 0 saturated heterocycles. The van der Waals surface area contributed by atoms with Crippen molar-refractivity contribution < 1.29 is 12.8 Å². The van der Waals surface area contributed by atoms with Crippen LogP contribution in [0.25, 0.3) is 11.1 Å². The lowest BCUT2D eigenvalue weighted by molar-refractivity contribution is 0.516. The minimum atomic E-state index is -3.45. The van der Waals surface area contributed by atoms with Crippen molar-refractivity contribution in [3.05, 3.63) is 120 Å². The fourth-order valence-corrected chi connectivity index (χ4v) is 6.53. The largest absolute Gasteiger partial charge is 0.367 e. The molecular weight excluding hydrogens is 471 g/mol. The molecule has 6 heteroatoms. The summed E-state index contributed by atoms with van der Waals surface area (Å²) in [5, 5.41) is 9.31. The molecule has 0 fully saturated rings. The average Bonchev–Trinajstić information content (AvgIpc) is 2.89. The van der Waals surface area contributed by atoms with Crippen LogP contribution in [0.3, 0.4) is 0 Å². The van der Waals surface area contributed by atoms with Crippen molar-refractivity contribution in [3.8, 4) is 17.2 Å². The molecule has 0 N–H and O–H groups in total. The second kappa shape index (κ2) is 9.96. The van der Waals surface area contributed by atoms with E-state index in [2.05, 4.69) is 23.1 Å². The molecule has 0 spiro atoms. The van der Waals surface area contributed by atoms with Gasteiger partial charge in [-0.2, -0.15) is 5.26 Å². The normalized spacial score (nSPS) is 15.2. The van der Waals surface area contributed by atoms with E-state index in [0.717, 1.165) is 27.9 Å². The number of fused-ring (bicyclic) bond motifs is 1. The molecule has 4 aromatic carbocycles. The van der Waals surface area contributed by atoms with E-state index in [-0.39, 0.29) is 17.5 Å². The van der Waals surface area contributed by atoms with Crippen LogP contribution in [0, 0.1) is 23.1 Å². The second-order valence-electron chi connectivity index (χ2n) is 9.21. The van der Waals surface area contributed by atoms with Crippen molar-refractivity contribution in [2.24, 2.45) is 5.92 Å². The number of hydrogen-bond donors (Lipinski definition) is 0. The third-order valence-corrected chi connectivity index (χ3v) is 8.47. The highest BCUT2D eigenvalue weighted by Gasteiger charge is 2.29. The first kappa shape index (κ1) is 23.8. The third kappa shape index (κ3) is 5.17. The highest BCUT2D eigenvalue weighted by molar-refractivity contribution is 7.91. The first-order chi connectivity index (χ1) is 17.4. The molecule has 180 valence electrons. The molecule has 0 radical (unpaired) electrons. The van der Waals surface area contributed by atoms with Gasteiger partial charge < -0.3 is 4.90 Å². The standard InChI is InChI=1S/C30H25FN2O2S/c31-28-12-9-25(10-13-28)26-11-14-30-27(17-26)16-24(21-36(34,35)29-7-2-1-3-8-29)20-33(30)19-23-6-4-5-22(15-23)18-32/h1-15,17,24H,16,19-21H2. The predicted octanol–water partition coefficient (Wildman–Crippen LogP) is 6.02. The molecule has 5 rings (SSSR count). The van der Waals surface area contributed by atoms with Crippen molar-refractivity contribution >= 4 is 15.5 Å². The fraction of sp³-hybridized carbons (Fsp3) is 0.167. The van der Waals surface area contributed by atoms with Crippen molar-refractivity contribution in [2.75, 3.05) is 17.2 Å². The number of rotatable bonds is 6. The van der Waals surface area contributed by atoms with Crippen LogP contribution in [0.2, 0.25) is 0 Å². The molecule has 0 aliphatic carbocycles. The number of sulfone groups is 1. The number of halogens is 1. The Morgan fingerprint density at radius 2 is 1.64 bits per heavy atom. The summed E-state index contributed by atoms with van der Waals surface area (Å²) in [6.07, 6.45) is 0.630. The van der Waals surface area contributed by atoms with Gasteiger partial charge in [-0.05, 0) is 83.1 Å². The summed E-state index contributed by atoms with van der Waals surface area (Å²) in [7, 11) is -3.45. The van der Waals surface area contributed by atoms with Crippen molar-refractivity contribution in [2.45, 2.75) is 17.9 Å². The molecule has 0 bridgehead atoms. The molecule has 4 nitrogen and oxygen atoms in total. The summed E-state index contributed by atoms with van der Waals surface area (Å²) < 4.78 is 39.8. The summed E-state index contributed by atoms with van der Waals surface area (Å²) in [5.41, 5.74) is 5.58. The quantitative estimate of drug-likeness (QED) is 0.328. The van der Waals surface area contributed by atoms with E-state index >= 15 is 0 Å². The molecule has 0 amide bonds. The summed E-state index contributed by atoms with van der Waals surface area (Å²) in [5.74, 6) is -0.342. The topological polar surface area (TPSA) is 61.2 Å². The zero-order valence-corrected chi connectivity index (χ0v) is 20.5. The first-order valence-electron chi connectivity index (χ1n) is 11.8. The number of benzene rings is 4. The van der Waals surface area contributed by atoms with Gasteiger partial charge in [-0.15, -0.1) is 0 Å². The van der Waals surface area contributed by atoms with Gasteiger partial charge in [-0.25, -0.2) is 12.8 Å². The van der Waals surface area contributed by atoms with Crippen LogP contribution in [-0.4, -0.2) is 20.7 Å². The van der Waals surface area contributed by atoms with Gasteiger partial charge >= 0.3 is 0 Å². The van der Waals surface area contributed by atoms with E-state index in [0.29, 0.717) is 30.0 Å². The van der Waals surface area contributed by atoms with Crippen LogP contribution in [0.1, 0.15) is 16.7 Å². The molecule has 1 heterocycles. The van der Waals surface area contributed by atoms with Gasteiger partial charge in [0.15, 0.2) is 9.84 Å². The summed E-state index contributed by atoms with van der Waals surface area (Å²) >= 11 is 0. The average molecular weight is 497 g/mol. The number of nitriles is 1. The molecule has 1 aliphatic rings. The van der Waals surface area contributed by atoms with E-state index in [1.165, 1.54) is 12.1 Å². The van der Waals surface area contributed by atoms with E-state index in [1.807, 2.05) is 30.3 Å². The number of nitrogens with zero attached hydrogens (tertiary/aromatic N) is 2. The van der Waals surface area contributed by atoms with Gasteiger partial charge in [0.25, 0.3) is 0 Å². The van der Waals surface area contributed by atoms with Gasteiger partial charge in [0.05, 0.1) is 22.3 Å². The molecule has 36 heavy (non-hydrogen) atoms. The van der Waals surface area contributed by atoms with Crippen LogP contribution in [0.15, 0.2) is 102 Å². The Balaban J connectivity index is 1.49. The SMILES string of the molecule is N#Cc1cccc(CN2CC(CS(=O)(=O)c3ccccc3)Cc3cc(-c4ccc(F)cc4)ccc32)c1. The molecule has 1 atom stereocenters. The maximum atomic E-state index is 13.5. The summed E-state index contributed by atoms with van der Waals surface area (Å²) in [4.78, 5) is 2.54. The minimum Gasteiger partial charge on any atom is -0.367 e. The maximum absolute atomic E-state index is 13.5. The highest BCUT2D eigenvalue weighted by Crippen LogP contribution is 2.35. The smallest absolute Gasteiger partial charge is 0.178 e. The summed E-state index contributed by atoms with van der Waals surface area (Å²) in [6.45, 7) is 1.16. The zero-order valence-electron chi connectivity index (χ0n) is 19.6. The fourth-order valence-electron chi connectivity index (χ4n) is 4.92. The van der Waals surface area contributed by atoms with Crippen molar-refractivity contribution in [1.82, 2.24) is 0 Å².